The van der Waals surface area contributed by atoms with Crippen molar-refractivity contribution in [1.82, 2.24) is 15.4 Å². The van der Waals surface area contributed by atoms with E-state index in [1.807, 2.05) is 37.3 Å². The second-order valence-corrected chi connectivity index (χ2v) is 17.6. The minimum atomic E-state index is -3.89. The van der Waals surface area contributed by atoms with Gasteiger partial charge in [0, 0.05) is 12.6 Å². The molecule has 0 aliphatic heterocycles. The standard InChI is InChI=1S/C40H55N5O6S/c1-26-11-14-30(15-12-26)52(49,50)45-37(41)42-23-7-10-34(43-38(48)51-25-27-8-5-4-6-9-27)36(47)44-35-18-17-32-31-16-13-28-24-29(46)19-21-39(28,2)33(31)20-22-40(32,35)3/h4-6,8-9,11-15,29,31-35,46H,7,10,16-25H2,1-3H3,(H,43,48)(H,44,47)(H3,41,42,45)/t29-,31-,32-,33-,34+,35+,39-,40-/m0/s1. The molecule has 0 bridgehead atoms. The van der Waals surface area contributed by atoms with E-state index in [0.29, 0.717) is 24.2 Å². The van der Waals surface area contributed by atoms with Crippen molar-refractivity contribution in [2.45, 2.75) is 115 Å². The van der Waals surface area contributed by atoms with Gasteiger partial charge in [0.05, 0.1) is 11.0 Å². The summed E-state index contributed by atoms with van der Waals surface area (Å²) in [6.07, 6.45) is 9.91. The molecule has 0 aromatic heterocycles. The molecule has 0 radical (unpaired) electrons. The van der Waals surface area contributed by atoms with E-state index in [2.05, 4.69) is 40.3 Å². The molecule has 4 aliphatic carbocycles. The molecule has 6 N–H and O–H groups in total. The molecule has 2 aromatic carbocycles. The molecule has 3 fully saturated rings. The number of benzene rings is 2. The van der Waals surface area contributed by atoms with Gasteiger partial charge in [-0.15, -0.1) is 0 Å². The summed E-state index contributed by atoms with van der Waals surface area (Å²) in [5.74, 6) is 1.12. The summed E-state index contributed by atoms with van der Waals surface area (Å²) in [5, 5.41) is 16.5. The number of nitrogens with zero attached hydrogens (tertiary/aromatic N) is 1. The number of carbonyl (C=O) groups excluding carboxylic acids is 2. The largest absolute Gasteiger partial charge is 0.445 e. The zero-order chi connectivity index (χ0) is 37.1. The highest BCUT2D eigenvalue weighted by Crippen LogP contribution is 2.64. The number of fused-ring (bicyclic) bond motifs is 5. The number of aliphatic hydroxyl groups is 1. The molecular weight excluding hydrogens is 679 g/mol. The third-order valence-electron chi connectivity index (χ3n) is 12.7. The molecule has 2 amide bonds. The lowest BCUT2D eigenvalue weighted by Crippen LogP contribution is -2.56. The van der Waals surface area contributed by atoms with Crippen molar-refractivity contribution in [3.8, 4) is 0 Å². The normalized spacial score (nSPS) is 30.5. The molecule has 11 nitrogen and oxygen atoms in total. The third kappa shape index (κ3) is 8.17. The van der Waals surface area contributed by atoms with E-state index in [-0.39, 0.29) is 59.3 Å². The van der Waals surface area contributed by atoms with E-state index in [4.69, 9.17) is 10.5 Å². The first-order valence-corrected chi connectivity index (χ1v) is 20.3. The van der Waals surface area contributed by atoms with Crippen LogP contribution in [0.3, 0.4) is 0 Å². The molecule has 12 heteroatoms. The summed E-state index contributed by atoms with van der Waals surface area (Å²) in [6, 6.07) is 14.8. The van der Waals surface area contributed by atoms with Crippen molar-refractivity contribution in [3.63, 3.8) is 0 Å². The maximum absolute atomic E-state index is 14.0. The van der Waals surface area contributed by atoms with Gasteiger partial charge in [0.15, 0.2) is 0 Å². The average molecular weight is 734 g/mol. The summed E-state index contributed by atoms with van der Waals surface area (Å²) in [7, 11) is -3.89. The van der Waals surface area contributed by atoms with E-state index in [0.717, 1.165) is 62.5 Å². The van der Waals surface area contributed by atoms with Gasteiger partial charge in [0.1, 0.15) is 12.6 Å². The summed E-state index contributed by atoms with van der Waals surface area (Å²) >= 11 is 0. The van der Waals surface area contributed by atoms with Gasteiger partial charge in [0.2, 0.25) is 11.9 Å². The minimum Gasteiger partial charge on any atom is -0.445 e. The number of nitrogens with two attached hydrogens (primary N) is 1. The van der Waals surface area contributed by atoms with Gasteiger partial charge in [-0.3, -0.25) is 9.79 Å². The van der Waals surface area contributed by atoms with E-state index in [9.17, 15) is 23.1 Å². The van der Waals surface area contributed by atoms with E-state index < -0.39 is 22.2 Å². The fraction of sp³-hybridized carbons (Fsp3) is 0.575. The van der Waals surface area contributed by atoms with Crippen molar-refractivity contribution in [2.75, 3.05) is 6.54 Å². The van der Waals surface area contributed by atoms with E-state index in [1.165, 1.54) is 17.7 Å². The summed E-state index contributed by atoms with van der Waals surface area (Å²) in [4.78, 5) is 31.3. The molecule has 6 rings (SSSR count). The summed E-state index contributed by atoms with van der Waals surface area (Å²) in [5.41, 5.74) is 9.24. The van der Waals surface area contributed by atoms with Gasteiger partial charge in [-0.2, -0.15) is 0 Å². The molecule has 0 unspecified atom stereocenters. The first-order chi connectivity index (χ1) is 24.8. The van der Waals surface area contributed by atoms with Crippen LogP contribution in [-0.2, 0) is 26.2 Å². The quantitative estimate of drug-likeness (QED) is 0.0882. The van der Waals surface area contributed by atoms with Crippen LogP contribution >= 0.6 is 0 Å². The first-order valence-electron chi connectivity index (χ1n) is 18.8. The maximum Gasteiger partial charge on any atom is 0.408 e. The molecule has 0 heterocycles. The summed E-state index contributed by atoms with van der Waals surface area (Å²) < 4.78 is 33.2. The number of alkyl carbamates (subject to hydrolysis) is 1. The number of carbonyl (C=O) groups is 2. The summed E-state index contributed by atoms with van der Waals surface area (Å²) in [6.45, 7) is 6.84. The second-order valence-electron chi connectivity index (χ2n) is 15.9. The van der Waals surface area contributed by atoms with Crippen LogP contribution in [0.2, 0.25) is 0 Å². The molecule has 8 atom stereocenters. The molecule has 3 saturated carbocycles. The fourth-order valence-corrected chi connectivity index (χ4v) is 10.7. The number of aryl methyl sites for hydroxylation is 1. The smallest absolute Gasteiger partial charge is 0.408 e. The number of rotatable bonds is 11. The van der Waals surface area contributed by atoms with Gasteiger partial charge in [-0.25, -0.2) is 17.9 Å². The van der Waals surface area contributed by atoms with Crippen molar-refractivity contribution in [1.29, 1.82) is 0 Å². The third-order valence-corrected chi connectivity index (χ3v) is 14.1. The van der Waals surface area contributed by atoms with Crippen LogP contribution in [0, 0.1) is 35.5 Å². The number of nitrogens with one attached hydrogen (secondary N) is 3. The van der Waals surface area contributed by atoms with Crippen LogP contribution in [-0.4, -0.2) is 56.2 Å². The Morgan fingerprint density at radius 3 is 2.52 bits per heavy atom. The number of aliphatic hydroxyl groups excluding tert-OH is 1. The minimum absolute atomic E-state index is 0.0215. The topological polar surface area (TPSA) is 172 Å². The highest BCUT2D eigenvalue weighted by Gasteiger charge is 2.59. The van der Waals surface area contributed by atoms with Crippen LogP contribution < -0.4 is 21.1 Å². The van der Waals surface area contributed by atoms with Gasteiger partial charge in [-0.05, 0) is 117 Å². The van der Waals surface area contributed by atoms with E-state index >= 15 is 0 Å². The first kappa shape index (κ1) is 37.8. The number of allylic oxidation sites excluding steroid dienone is 1. The zero-order valence-electron chi connectivity index (χ0n) is 30.6. The van der Waals surface area contributed by atoms with Crippen LogP contribution in [0.1, 0.15) is 89.2 Å². The Balaban J connectivity index is 1.09. The van der Waals surface area contributed by atoms with E-state index in [1.54, 1.807) is 12.1 Å². The number of aliphatic imine (C=N–C) groups is 1. The monoisotopic (exact) mass is 733 g/mol. The Hall–Kier alpha value is -3.90. The SMILES string of the molecule is Cc1ccc(S(=O)(=O)NC(N)=NCCC[C@@H](NC(=O)OCc2ccccc2)C(=O)N[C@@H]2CC[C@H]3[C@@H]4CC=C5C[C@@H](O)CC[C@]5(C)[C@H]4CC[C@]23C)cc1. The van der Waals surface area contributed by atoms with Crippen molar-refractivity contribution in [3.05, 3.63) is 77.4 Å². The Kier molecular flexibility index (Phi) is 11.4. The molecule has 52 heavy (non-hydrogen) atoms. The van der Waals surface area contributed by atoms with Crippen LogP contribution in [0.25, 0.3) is 0 Å². The molecule has 2 aromatic rings. The number of sulfonamides is 1. The predicted molar refractivity (Wildman–Crippen MR) is 200 cm³/mol. The molecule has 0 saturated heterocycles. The van der Waals surface area contributed by atoms with Crippen LogP contribution in [0.5, 0.6) is 0 Å². The van der Waals surface area contributed by atoms with Crippen molar-refractivity contribution in [2.24, 2.45) is 39.3 Å². The number of guanidine groups is 1. The Bertz CT molecular complexity index is 1770. The number of amides is 2. The lowest BCUT2D eigenvalue weighted by molar-refractivity contribution is -0.125. The Morgan fingerprint density at radius 2 is 1.77 bits per heavy atom. The number of ether oxygens (including phenoxy) is 1. The Morgan fingerprint density at radius 1 is 1.02 bits per heavy atom. The number of hydrogen-bond donors (Lipinski definition) is 5. The van der Waals surface area contributed by atoms with Gasteiger partial charge >= 0.3 is 6.09 Å². The second kappa shape index (κ2) is 15.6. The maximum atomic E-state index is 14.0. The van der Waals surface area contributed by atoms with Crippen LogP contribution in [0.4, 0.5) is 4.79 Å². The van der Waals surface area contributed by atoms with Gasteiger partial charge < -0.3 is 26.2 Å². The lowest BCUT2D eigenvalue weighted by atomic mass is 9.48. The predicted octanol–water partition coefficient (Wildman–Crippen LogP) is 5.47. The average Bonchev–Trinajstić information content (AvgIpc) is 3.45. The zero-order valence-corrected chi connectivity index (χ0v) is 31.5. The highest BCUT2D eigenvalue weighted by atomic mass is 32.2. The van der Waals surface area contributed by atoms with Crippen LogP contribution in [0.15, 0.2) is 76.1 Å². The number of hydrogen-bond acceptors (Lipinski definition) is 7. The molecule has 282 valence electrons. The van der Waals surface area contributed by atoms with Gasteiger partial charge in [0.25, 0.3) is 10.0 Å². The van der Waals surface area contributed by atoms with Crippen molar-refractivity contribution < 1.29 is 27.9 Å². The fourth-order valence-electron chi connectivity index (χ4n) is 9.77. The van der Waals surface area contributed by atoms with Crippen molar-refractivity contribution >= 4 is 28.0 Å². The lowest BCUT2D eigenvalue weighted by Gasteiger charge is -2.58. The molecule has 4 aliphatic rings. The molecule has 0 spiro atoms. The van der Waals surface area contributed by atoms with Gasteiger partial charge in [-0.1, -0.05) is 73.5 Å². The molecular formula is C40H55N5O6S. The highest BCUT2D eigenvalue weighted by molar-refractivity contribution is 7.90. The Labute approximate surface area is 308 Å².